The summed E-state index contributed by atoms with van der Waals surface area (Å²) >= 11 is 0. The first-order valence-corrected chi connectivity index (χ1v) is 9.95. The van der Waals surface area contributed by atoms with Crippen LogP contribution in [0.25, 0.3) is 10.9 Å². The number of rotatable bonds is 9. The predicted molar refractivity (Wildman–Crippen MR) is 112 cm³/mol. The van der Waals surface area contributed by atoms with Crippen molar-refractivity contribution in [1.29, 1.82) is 5.26 Å². The number of para-hydroxylation sites is 1. The van der Waals surface area contributed by atoms with Crippen LogP contribution in [-0.2, 0) is 16.1 Å². The van der Waals surface area contributed by atoms with E-state index in [1.807, 2.05) is 0 Å². The molecule has 0 saturated carbocycles. The normalized spacial score (nSPS) is 12.2. The van der Waals surface area contributed by atoms with E-state index in [1.165, 1.54) is 16.8 Å². The Bertz CT molecular complexity index is 1020. The van der Waals surface area contributed by atoms with Crippen LogP contribution in [0.3, 0.4) is 0 Å². The molecule has 0 unspecified atom stereocenters. The molecule has 166 valence electrons. The molecule has 0 aliphatic heterocycles. The van der Waals surface area contributed by atoms with Crippen LogP contribution in [0.2, 0.25) is 0 Å². The third-order valence-corrected chi connectivity index (χ3v) is 4.68. The summed E-state index contributed by atoms with van der Waals surface area (Å²) in [4.78, 5) is 36.6. The maximum Gasteiger partial charge on any atom is 0.273 e. The van der Waals surface area contributed by atoms with Gasteiger partial charge in [-0.2, -0.15) is 10.4 Å². The van der Waals surface area contributed by atoms with Gasteiger partial charge in [0.2, 0.25) is 11.8 Å². The summed E-state index contributed by atoms with van der Waals surface area (Å²) in [6.45, 7) is 5.26. The summed E-state index contributed by atoms with van der Waals surface area (Å²) < 4.78 is 15.9. The molecule has 4 N–H and O–H groups in total. The van der Waals surface area contributed by atoms with E-state index in [9.17, 15) is 18.8 Å². The van der Waals surface area contributed by atoms with Crippen molar-refractivity contribution in [2.75, 3.05) is 6.54 Å². The number of aromatic nitrogens is 2. The molecule has 10 heteroatoms. The van der Waals surface area contributed by atoms with Crippen molar-refractivity contribution in [3.05, 3.63) is 29.7 Å². The predicted octanol–water partition coefficient (Wildman–Crippen LogP) is 1.62. The Kier molecular flexibility index (Phi) is 7.69. The van der Waals surface area contributed by atoms with E-state index in [0.717, 1.165) is 0 Å². The number of carbonyl (C=O) groups is 3. The largest absolute Gasteiger partial charge is 0.368 e. The summed E-state index contributed by atoms with van der Waals surface area (Å²) in [6.07, 6.45) is 1.60. The van der Waals surface area contributed by atoms with E-state index in [0.29, 0.717) is 31.2 Å². The third kappa shape index (κ3) is 6.01. The van der Waals surface area contributed by atoms with Crippen LogP contribution in [0, 0.1) is 22.6 Å². The van der Waals surface area contributed by atoms with Crippen molar-refractivity contribution in [2.45, 2.75) is 52.6 Å². The number of hydrogen-bond donors (Lipinski definition) is 3. The van der Waals surface area contributed by atoms with Crippen molar-refractivity contribution < 1.29 is 18.8 Å². The first kappa shape index (κ1) is 23.8. The number of fused-ring (bicyclic) bond motifs is 1. The van der Waals surface area contributed by atoms with Crippen LogP contribution in [-0.4, -0.2) is 40.1 Å². The van der Waals surface area contributed by atoms with E-state index in [4.69, 9.17) is 11.0 Å². The van der Waals surface area contributed by atoms with Gasteiger partial charge in [0.05, 0.1) is 12.6 Å². The molecular formula is C21H27FN6O3. The number of amides is 3. The lowest BCUT2D eigenvalue weighted by Crippen LogP contribution is -2.54. The maximum atomic E-state index is 14.5. The molecule has 0 aliphatic carbocycles. The molecule has 1 aromatic carbocycles. The highest BCUT2D eigenvalue weighted by Crippen LogP contribution is 2.24. The van der Waals surface area contributed by atoms with Gasteiger partial charge in [-0.25, -0.2) is 4.39 Å². The Hall–Kier alpha value is -3.48. The zero-order valence-corrected chi connectivity index (χ0v) is 17.9. The number of benzene rings is 1. The minimum Gasteiger partial charge on any atom is -0.368 e. The van der Waals surface area contributed by atoms with E-state index >= 15 is 0 Å². The van der Waals surface area contributed by atoms with E-state index in [2.05, 4.69) is 21.8 Å². The summed E-state index contributed by atoms with van der Waals surface area (Å²) in [7, 11) is 0. The Morgan fingerprint density at radius 3 is 2.61 bits per heavy atom. The highest BCUT2D eigenvalue weighted by molar-refractivity contribution is 6.06. The fourth-order valence-electron chi connectivity index (χ4n) is 3.14. The molecule has 0 spiro atoms. The second-order valence-corrected chi connectivity index (χ2v) is 8.28. The Morgan fingerprint density at radius 2 is 2.00 bits per heavy atom. The SMILES string of the molecule is CC(C)(C)[C@H](NC(=O)c1nn(CCCCC#N)c2c(F)cccc12)C(=O)NCC(N)=O. The van der Waals surface area contributed by atoms with Crippen LogP contribution in [0.5, 0.6) is 0 Å². The summed E-state index contributed by atoms with van der Waals surface area (Å²) in [5.74, 6) is -2.42. The van der Waals surface area contributed by atoms with E-state index in [-0.39, 0.29) is 17.8 Å². The van der Waals surface area contributed by atoms with Crippen molar-refractivity contribution in [1.82, 2.24) is 20.4 Å². The highest BCUT2D eigenvalue weighted by atomic mass is 19.1. The zero-order chi connectivity index (χ0) is 23.2. The van der Waals surface area contributed by atoms with Gasteiger partial charge in [-0.15, -0.1) is 0 Å². The highest BCUT2D eigenvalue weighted by Gasteiger charge is 2.34. The number of nitrogens with two attached hydrogens (primary N) is 1. The minimum absolute atomic E-state index is 0.00765. The summed E-state index contributed by atoms with van der Waals surface area (Å²) in [5, 5.41) is 18.3. The number of unbranched alkanes of at least 4 members (excludes halogenated alkanes) is 2. The Balaban J connectivity index is 2.33. The average Bonchev–Trinajstić information content (AvgIpc) is 3.06. The number of halogens is 1. The molecule has 0 radical (unpaired) electrons. The van der Waals surface area contributed by atoms with Crippen LogP contribution >= 0.6 is 0 Å². The van der Waals surface area contributed by atoms with Gasteiger partial charge >= 0.3 is 0 Å². The number of primary amides is 1. The molecule has 2 aromatic rings. The molecule has 0 bridgehead atoms. The second-order valence-electron chi connectivity index (χ2n) is 8.28. The number of nitriles is 1. The maximum absolute atomic E-state index is 14.5. The van der Waals surface area contributed by atoms with Gasteiger partial charge in [-0.05, 0) is 24.3 Å². The number of hydrogen-bond acceptors (Lipinski definition) is 5. The number of nitrogens with one attached hydrogen (secondary N) is 2. The Morgan fingerprint density at radius 1 is 1.29 bits per heavy atom. The van der Waals surface area contributed by atoms with Gasteiger partial charge < -0.3 is 16.4 Å². The number of carbonyl (C=O) groups excluding carboxylic acids is 3. The van der Waals surface area contributed by atoms with Gasteiger partial charge in [0.25, 0.3) is 5.91 Å². The molecular weight excluding hydrogens is 403 g/mol. The van der Waals surface area contributed by atoms with E-state index in [1.54, 1.807) is 26.8 Å². The van der Waals surface area contributed by atoms with Crippen LogP contribution in [0.1, 0.15) is 50.5 Å². The lowest BCUT2D eigenvalue weighted by molar-refractivity contribution is -0.128. The lowest BCUT2D eigenvalue weighted by atomic mass is 9.86. The molecule has 2 rings (SSSR count). The van der Waals surface area contributed by atoms with Crippen molar-refractivity contribution in [3.63, 3.8) is 0 Å². The van der Waals surface area contributed by atoms with Gasteiger partial charge in [0.1, 0.15) is 17.4 Å². The number of aryl methyl sites for hydroxylation is 1. The monoisotopic (exact) mass is 430 g/mol. The first-order valence-electron chi connectivity index (χ1n) is 9.95. The summed E-state index contributed by atoms with van der Waals surface area (Å²) in [5.41, 5.74) is 4.57. The van der Waals surface area contributed by atoms with Gasteiger partial charge in [0, 0.05) is 18.4 Å². The minimum atomic E-state index is -0.983. The van der Waals surface area contributed by atoms with Crippen LogP contribution < -0.4 is 16.4 Å². The molecule has 31 heavy (non-hydrogen) atoms. The topological polar surface area (TPSA) is 143 Å². The molecule has 9 nitrogen and oxygen atoms in total. The average molecular weight is 430 g/mol. The number of nitrogens with zero attached hydrogens (tertiary/aromatic N) is 3. The summed E-state index contributed by atoms with van der Waals surface area (Å²) in [6, 6.07) is 5.43. The van der Waals surface area contributed by atoms with Gasteiger partial charge in [0.15, 0.2) is 5.69 Å². The van der Waals surface area contributed by atoms with Crippen LogP contribution in [0.4, 0.5) is 4.39 Å². The molecule has 0 fully saturated rings. The fourth-order valence-corrected chi connectivity index (χ4v) is 3.14. The molecule has 1 aromatic heterocycles. The van der Waals surface area contributed by atoms with Crippen molar-refractivity contribution >= 4 is 28.6 Å². The standard InChI is InChI=1S/C21H27FN6O3/c1-21(2,3)18(20(31)25-12-15(24)29)26-19(30)16-13-8-7-9-14(22)17(13)28(27-16)11-6-4-5-10-23/h7-9,18H,4-6,11-12H2,1-3H3,(H2,24,29)(H,25,31)(H,26,30)/t18-/m1/s1. The van der Waals surface area contributed by atoms with Gasteiger partial charge in [-0.1, -0.05) is 32.9 Å². The fraction of sp³-hybridized carbons (Fsp3) is 0.476. The molecule has 1 atom stereocenters. The smallest absolute Gasteiger partial charge is 0.273 e. The zero-order valence-electron chi connectivity index (χ0n) is 17.9. The molecule has 0 aliphatic rings. The molecule has 3 amide bonds. The first-order chi connectivity index (χ1) is 14.6. The quantitative estimate of drug-likeness (QED) is 0.518. The van der Waals surface area contributed by atoms with Crippen molar-refractivity contribution in [2.24, 2.45) is 11.1 Å². The van der Waals surface area contributed by atoms with Crippen molar-refractivity contribution in [3.8, 4) is 6.07 Å². The molecule has 0 saturated heterocycles. The van der Waals surface area contributed by atoms with Gasteiger partial charge in [-0.3, -0.25) is 19.1 Å². The Labute approximate surface area is 179 Å². The molecule has 1 heterocycles. The van der Waals surface area contributed by atoms with E-state index < -0.39 is 35.0 Å². The third-order valence-electron chi connectivity index (χ3n) is 4.68. The van der Waals surface area contributed by atoms with Crippen LogP contribution in [0.15, 0.2) is 18.2 Å². The lowest BCUT2D eigenvalue weighted by Gasteiger charge is -2.30. The second kappa shape index (κ2) is 10.0.